The highest BCUT2D eigenvalue weighted by Crippen LogP contribution is 2.02. The number of ether oxygens (including phenoxy) is 1. The summed E-state index contributed by atoms with van der Waals surface area (Å²) in [5, 5.41) is 0. The van der Waals surface area contributed by atoms with Gasteiger partial charge in [-0.1, -0.05) is 27.7 Å². The number of esters is 1. The van der Waals surface area contributed by atoms with Crippen LogP contribution in [0.1, 0.15) is 34.1 Å². The van der Waals surface area contributed by atoms with Gasteiger partial charge in [0.2, 0.25) is 0 Å². The predicted octanol–water partition coefficient (Wildman–Crippen LogP) is 2.23. The average molecular weight is 158 g/mol. The highest BCUT2D eigenvalue weighted by atomic mass is 16.5. The SMILES string of the molecule is CC(C)COC(=O)CC(C)C. The first-order chi connectivity index (χ1) is 5.02. The lowest BCUT2D eigenvalue weighted by Gasteiger charge is -2.07. The van der Waals surface area contributed by atoms with Crippen LogP contribution in [0.5, 0.6) is 0 Å². The summed E-state index contributed by atoms with van der Waals surface area (Å²) in [6.07, 6.45) is 0.534. The fraction of sp³-hybridized carbons (Fsp3) is 0.889. The van der Waals surface area contributed by atoms with Gasteiger partial charge < -0.3 is 4.74 Å². The summed E-state index contributed by atoms with van der Waals surface area (Å²) in [4.78, 5) is 10.9. The van der Waals surface area contributed by atoms with Crippen molar-refractivity contribution in [2.24, 2.45) is 11.8 Å². The number of hydrogen-bond donors (Lipinski definition) is 0. The normalized spacial score (nSPS) is 10.7. The Morgan fingerprint density at radius 3 is 2.09 bits per heavy atom. The van der Waals surface area contributed by atoms with Crippen molar-refractivity contribution >= 4 is 5.97 Å². The lowest BCUT2D eigenvalue weighted by atomic mass is 10.1. The van der Waals surface area contributed by atoms with Crippen molar-refractivity contribution in [3.63, 3.8) is 0 Å². The van der Waals surface area contributed by atoms with Crippen LogP contribution >= 0.6 is 0 Å². The molecule has 0 aliphatic heterocycles. The van der Waals surface area contributed by atoms with Crippen LogP contribution in [0, 0.1) is 11.8 Å². The summed E-state index contributed by atoms with van der Waals surface area (Å²) in [5.41, 5.74) is 0. The first-order valence-electron chi connectivity index (χ1n) is 4.18. The molecule has 0 aromatic heterocycles. The van der Waals surface area contributed by atoms with Crippen LogP contribution in [0.15, 0.2) is 0 Å². The number of carbonyl (C=O) groups excluding carboxylic acids is 1. The van der Waals surface area contributed by atoms with E-state index in [9.17, 15) is 4.79 Å². The molecule has 11 heavy (non-hydrogen) atoms. The van der Waals surface area contributed by atoms with Gasteiger partial charge in [-0.2, -0.15) is 0 Å². The molecule has 0 aromatic rings. The van der Waals surface area contributed by atoms with E-state index in [0.717, 1.165) is 0 Å². The lowest BCUT2D eigenvalue weighted by molar-refractivity contribution is -0.145. The van der Waals surface area contributed by atoms with E-state index in [0.29, 0.717) is 24.9 Å². The van der Waals surface area contributed by atoms with Crippen LogP contribution in [0.4, 0.5) is 0 Å². The highest BCUT2D eigenvalue weighted by Gasteiger charge is 2.06. The smallest absolute Gasteiger partial charge is 0.306 e. The van der Waals surface area contributed by atoms with Crippen molar-refractivity contribution in [3.05, 3.63) is 0 Å². The third-order valence-corrected chi connectivity index (χ3v) is 1.15. The molecule has 0 saturated heterocycles. The molecular formula is C9H18O2. The summed E-state index contributed by atoms with van der Waals surface area (Å²) in [6.45, 7) is 8.63. The molecule has 0 atom stereocenters. The van der Waals surface area contributed by atoms with Crippen molar-refractivity contribution in [2.45, 2.75) is 34.1 Å². The molecule has 0 N–H and O–H groups in total. The maximum Gasteiger partial charge on any atom is 0.306 e. The minimum atomic E-state index is -0.0753. The molecule has 0 aromatic carbocycles. The van der Waals surface area contributed by atoms with Gasteiger partial charge in [-0.15, -0.1) is 0 Å². The molecule has 0 rings (SSSR count). The minimum absolute atomic E-state index is 0.0753. The second kappa shape index (κ2) is 5.16. The Morgan fingerprint density at radius 1 is 1.18 bits per heavy atom. The molecule has 66 valence electrons. The summed E-state index contributed by atoms with van der Waals surface area (Å²) < 4.78 is 4.98. The summed E-state index contributed by atoms with van der Waals surface area (Å²) >= 11 is 0. The van der Waals surface area contributed by atoms with E-state index >= 15 is 0 Å². The number of hydrogen-bond acceptors (Lipinski definition) is 2. The summed E-state index contributed by atoms with van der Waals surface area (Å²) in [5.74, 6) is 0.759. The Balaban J connectivity index is 3.38. The quantitative estimate of drug-likeness (QED) is 0.586. The maximum atomic E-state index is 10.9. The molecule has 0 amide bonds. The van der Waals surface area contributed by atoms with Gasteiger partial charge in [-0.3, -0.25) is 4.79 Å². The zero-order valence-electron chi connectivity index (χ0n) is 7.89. The van der Waals surface area contributed by atoms with Crippen LogP contribution in [-0.4, -0.2) is 12.6 Å². The Hall–Kier alpha value is -0.530. The number of rotatable bonds is 4. The topological polar surface area (TPSA) is 26.3 Å². The largest absolute Gasteiger partial charge is 0.465 e. The molecule has 0 aliphatic carbocycles. The van der Waals surface area contributed by atoms with Gasteiger partial charge in [0.1, 0.15) is 0 Å². The second-order valence-electron chi connectivity index (χ2n) is 3.67. The molecule has 0 saturated carbocycles. The fourth-order valence-electron chi connectivity index (χ4n) is 0.652. The fourth-order valence-corrected chi connectivity index (χ4v) is 0.652. The van der Waals surface area contributed by atoms with Crippen molar-refractivity contribution < 1.29 is 9.53 Å². The maximum absolute atomic E-state index is 10.9. The Bertz CT molecular complexity index is 117. The van der Waals surface area contributed by atoms with E-state index in [-0.39, 0.29) is 5.97 Å². The summed E-state index contributed by atoms with van der Waals surface area (Å²) in [6, 6.07) is 0. The molecular weight excluding hydrogens is 140 g/mol. The molecule has 2 nitrogen and oxygen atoms in total. The van der Waals surface area contributed by atoms with Crippen molar-refractivity contribution in [1.82, 2.24) is 0 Å². The van der Waals surface area contributed by atoms with E-state index in [1.807, 2.05) is 27.7 Å². The predicted molar refractivity (Wildman–Crippen MR) is 45.3 cm³/mol. The van der Waals surface area contributed by atoms with Crippen LogP contribution in [0.2, 0.25) is 0 Å². The first kappa shape index (κ1) is 10.5. The van der Waals surface area contributed by atoms with E-state index in [1.54, 1.807) is 0 Å². The van der Waals surface area contributed by atoms with Crippen LogP contribution in [0.25, 0.3) is 0 Å². The molecule has 0 unspecified atom stereocenters. The highest BCUT2D eigenvalue weighted by molar-refractivity contribution is 5.69. The number of carbonyl (C=O) groups is 1. The Labute approximate surface area is 68.9 Å². The summed E-state index contributed by atoms with van der Waals surface area (Å²) in [7, 11) is 0. The Kier molecular flexibility index (Phi) is 4.92. The third kappa shape index (κ3) is 7.37. The monoisotopic (exact) mass is 158 g/mol. The van der Waals surface area contributed by atoms with Crippen molar-refractivity contribution in [2.75, 3.05) is 6.61 Å². The van der Waals surface area contributed by atoms with E-state index in [1.165, 1.54) is 0 Å². The molecule has 0 heterocycles. The van der Waals surface area contributed by atoms with Crippen molar-refractivity contribution in [3.8, 4) is 0 Å². The Morgan fingerprint density at radius 2 is 1.73 bits per heavy atom. The third-order valence-electron chi connectivity index (χ3n) is 1.15. The van der Waals surface area contributed by atoms with E-state index in [4.69, 9.17) is 4.74 Å². The van der Waals surface area contributed by atoms with Gasteiger partial charge in [-0.05, 0) is 11.8 Å². The second-order valence-corrected chi connectivity index (χ2v) is 3.67. The van der Waals surface area contributed by atoms with Gasteiger partial charge in [0.25, 0.3) is 0 Å². The lowest BCUT2D eigenvalue weighted by Crippen LogP contribution is -2.11. The molecule has 0 spiro atoms. The average Bonchev–Trinajstić information content (AvgIpc) is 1.82. The minimum Gasteiger partial charge on any atom is -0.465 e. The van der Waals surface area contributed by atoms with Crippen LogP contribution in [-0.2, 0) is 9.53 Å². The molecule has 0 fully saturated rings. The zero-order chi connectivity index (χ0) is 8.85. The zero-order valence-corrected chi connectivity index (χ0v) is 7.89. The van der Waals surface area contributed by atoms with Gasteiger partial charge in [0.05, 0.1) is 6.61 Å². The van der Waals surface area contributed by atoms with Crippen LogP contribution in [0.3, 0.4) is 0 Å². The van der Waals surface area contributed by atoms with Gasteiger partial charge in [0.15, 0.2) is 0 Å². The molecule has 0 aliphatic rings. The van der Waals surface area contributed by atoms with Gasteiger partial charge in [-0.25, -0.2) is 0 Å². The van der Waals surface area contributed by atoms with Gasteiger partial charge >= 0.3 is 5.97 Å². The van der Waals surface area contributed by atoms with Crippen LogP contribution < -0.4 is 0 Å². The van der Waals surface area contributed by atoms with E-state index in [2.05, 4.69) is 0 Å². The van der Waals surface area contributed by atoms with E-state index < -0.39 is 0 Å². The van der Waals surface area contributed by atoms with Crippen molar-refractivity contribution in [1.29, 1.82) is 0 Å². The standard InChI is InChI=1S/C9H18O2/c1-7(2)5-9(10)11-6-8(3)4/h7-8H,5-6H2,1-4H3. The molecule has 2 heteroatoms. The van der Waals surface area contributed by atoms with Gasteiger partial charge in [0, 0.05) is 6.42 Å². The molecule has 0 radical (unpaired) electrons. The molecule has 0 bridgehead atoms. The first-order valence-corrected chi connectivity index (χ1v) is 4.18.